The van der Waals surface area contributed by atoms with E-state index in [0.717, 1.165) is 24.0 Å². The summed E-state index contributed by atoms with van der Waals surface area (Å²) in [6, 6.07) is 18.5. The van der Waals surface area contributed by atoms with Crippen molar-refractivity contribution in [1.29, 1.82) is 5.26 Å². The quantitative estimate of drug-likeness (QED) is 0.298. The standard InChI is InChI=1S/C31H26F3N3O4S/c1-19(23-11-7-21(16-35)8-12-23)37-18-27(30(39)36-17-22-9-13-26(14-10-22)42(3,40)41)29(38)28(20(37)2)24-5-4-6-25(15-24)31(32,33)34/h4-15,18-19H,17H2,1-3H3,(H,36,39)/t19-/m1/s1. The van der Waals surface area contributed by atoms with Gasteiger partial charge in [-0.25, -0.2) is 8.42 Å². The summed E-state index contributed by atoms with van der Waals surface area (Å²) in [5.41, 5.74) is 0.131. The fourth-order valence-electron chi connectivity index (χ4n) is 4.61. The summed E-state index contributed by atoms with van der Waals surface area (Å²) < 4.78 is 65.7. The molecule has 0 unspecified atom stereocenters. The van der Waals surface area contributed by atoms with Gasteiger partial charge >= 0.3 is 6.18 Å². The van der Waals surface area contributed by atoms with Gasteiger partial charge in [-0.15, -0.1) is 0 Å². The zero-order chi connectivity index (χ0) is 30.8. The summed E-state index contributed by atoms with van der Waals surface area (Å²) in [5, 5.41) is 11.8. The van der Waals surface area contributed by atoms with Crippen LogP contribution in [0.2, 0.25) is 0 Å². The molecule has 0 spiro atoms. The first-order valence-electron chi connectivity index (χ1n) is 12.7. The minimum absolute atomic E-state index is 0.0131. The Balaban J connectivity index is 1.80. The molecule has 0 fully saturated rings. The first-order valence-corrected chi connectivity index (χ1v) is 14.6. The number of carbonyl (C=O) groups excluding carboxylic acids is 1. The Labute approximate surface area is 240 Å². The Bertz CT molecular complexity index is 1860. The molecule has 42 heavy (non-hydrogen) atoms. The second-order valence-electron chi connectivity index (χ2n) is 9.83. The van der Waals surface area contributed by atoms with Crippen molar-refractivity contribution in [3.8, 4) is 17.2 Å². The van der Waals surface area contributed by atoms with E-state index in [9.17, 15) is 31.2 Å². The van der Waals surface area contributed by atoms with Crippen LogP contribution in [0.3, 0.4) is 0 Å². The number of rotatable bonds is 7. The second kappa shape index (κ2) is 11.7. The number of sulfone groups is 1. The highest BCUT2D eigenvalue weighted by molar-refractivity contribution is 7.90. The Kier molecular flexibility index (Phi) is 8.40. The van der Waals surface area contributed by atoms with Gasteiger partial charge in [-0.1, -0.05) is 36.4 Å². The molecule has 3 aromatic carbocycles. The third-order valence-corrected chi connectivity index (χ3v) is 8.08. The van der Waals surface area contributed by atoms with Gasteiger partial charge in [0.2, 0.25) is 5.43 Å². The number of pyridine rings is 1. The smallest absolute Gasteiger partial charge is 0.348 e. The summed E-state index contributed by atoms with van der Waals surface area (Å²) in [7, 11) is -3.40. The van der Waals surface area contributed by atoms with Crippen LogP contribution in [0.5, 0.6) is 0 Å². The van der Waals surface area contributed by atoms with Gasteiger partial charge in [0.15, 0.2) is 9.84 Å². The Hall–Kier alpha value is -4.69. The fraction of sp³-hybridized carbons (Fsp3) is 0.194. The Morgan fingerprint density at radius 3 is 2.26 bits per heavy atom. The number of alkyl halides is 3. The molecule has 11 heteroatoms. The summed E-state index contributed by atoms with van der Waals surface area (Å²) in [6.45, 7) is 3.38. The second-order valence-corrected chi connectivity index (χ2v) is 11.8. The summed E-state index contributed by atoms with van der Waals surface area (Å²) >= 11 is 0. The van der Waals surface area contributed by atoms with Crippen LogP contribution in [0.25, 0.3) is 11.1 Å². The maximum Gasteiger partial charge on any atom is 0.416 e. The average Bonchev–Trinajstić information content (AvgIpc) is 2.95. The zero-order valence-electron chi connectivity index (χ0n) is 22.9. The number of benzene rings is 3. The molecule has 1 amide bonds. The third kappa shape index (κ3) is 6.44. The van der Waals surface area contributed by atoms with Crippen LogP contribution in [0, 0.1) is 18.3 Å². The molecule has 1 atom stereocenters. The van der Waals surface area contributed by atoms with Crippen molar-refractivity contribution in [3.63, 3.8) is 0 Å². The van der Waals surface area contributed by atoms with Gasteiger partial charge in [0.05, 0.1) is 28.1 Å². The molecule has 0 bridgehead atoms. The van der Waals surface area contributed by atoms with E-state index in [1.807, 2.05) is 6.07 Å². The maximum atomic E-state index is 13.7. The highest BCUT2D eigenvalue weighted by Gasteiger charge is 2.31. The molecule has 0 aliphatic rings. The van der Waals surface area contributed by atoms with Crippen LogP contribution in [-0.4, -0.2) is 25.1 Å². The zero-order valence-corrected chi connectivity index (χ0v) is 23.7. The largest absolute Gasteiger partial charge is 0.416 e. The van der Waals surface area contributed by atoms with E-state index in [1.165, 1.54) is 42.6 Å². The predicted molar refractivity (Wildman–Crippen MR) is 152 cm³/mol. The van der Waals surface area contributed by atoms with Gasteiger partial charge < -0.3 is 9.88 Å². The third-order valence-electron chi connectivity index (χ3n) is 6.96. The van der Waals surface area contributed by atoms with Crippen LogP contribution < -0.4 is 10.7 Å². The molecule has 1 heterocycles. The van der Waals surface area contributed by atoms with Crippen molar-refractivity contribution in [2.45, 2.75) is 37.5 Å². The minimum Gasteiger partial charge on any atom is -0.348 e. The average molecular weight is 594 g/mol. The van der Waals surface area contributed by atoms with Crippen LogP contribution >= 0.6 is 0 Å². The first-order chi connectivity index (χ1) is 19.7. The summed E-state index contributed by atoms with van der Waals surface area (Å²) in [4.78, 5) is 27.2. The number of nitriles is 1. The first kappa shape index (κ1) is 30.3. The number of hydrogen-bond donors (Lipinski definition) is 1. The molecule has 4 rings (SSSR count). The van der Waals surface area contributed by atoms with E-state index >= 15 is 0 Å². The van der Waals surface area contributed by atoms with Gasteiger partial charge in [-0.05, 0) is 66.9 Å². The Morgan fingerprint density at radius 1 is 1.05 bits per heavy atom. The van der Waals surface area contributed by atoms with Gasteiger partial charge in [-0.2, -0.15) is 18.4 Å². The molecule has 4 aromatic rings. The van der Waals surface area contributed by atoms with Crippen LogP contribution in [-0.2, 0) is 22.6 Å². The summed E-state index contributed by atoms with van der Waals surface area (Å²) in [5.74, 6) is -0.749. The number of halogens is 3. The molecular weight excluding hydrogens is 567 g/mol. The lowest BCUT2D eigenvalue weighted by Crippen LogP contribution is -2.31. The molecule has 0 radical (unpaired) electrons. The van der Waals surface area contributed by atoms with E-state index in [-0.39, 0.29) is 28.1 Å². The van der Waals surface area contributed by atoms with Crippen molar-refractivity contribution in [1.82, 2.24) is 9.88 Å². The van der Waals surface area contributed by atoms with E-state index in [4.69, 9.17) is 5.26 Å². The lowest BCUT2D eigenvalue weighted by molar-refractivity contribution is -0.137. The molecular formula is C31H26F3N3O4S. The highest BCUT2D eigenvalue weighted by Crippen LogP contribution is 2.33. The topological polar surface area (TPSA) is 109 Å². The number of carbonyl (C=O) groups is 1. The van der Waals surface area contributed by atoms with Crippen molar-refractivity contribution in [3.05, 3.63) is 123 Å². The maximum absolute atomic E-state index is 13.7. The molecule has 0 aliphatic carbocycles. The lowest BCUT2D eigenvalue weighted by Gasteiger charge is -2.23. The SMILES string of the molecule is Cc1c(-c2cccc(C(F)(F)F)c2)c(=O)c(C(=O)NCc2ccc(S(C)(=O)=O)cc2)cn1[C@H](C)c1ccc(C#N)cc1. The number of hydrogen-bond acceptors (Lipinski definition) is 5. The van der Waals surface area contributed by atoms with E-state index < -0.39 is 39.0 Å². The molecule has 0 saturated carbocycles. The molecule has 216 valence electrons. The van der Waals surface area contributed by atoms with Crippen LogP contribution in [0.15, 0.2) is 88.7 Å². The lowest BCUT2D eigenvalue weighted by atomic mass is 9.97. The molecule has 1 N–H and O–H groups in total. The van der Waals surface area contributed by atoms with E-state index in [1.54, 1.807) is 42.7 Å². The van der Waals surface area contributed by atoms with Gasteiger partial charge in [0.25, 0.3) is 5.91 Å². The predicted octanol–water partition coefficient (Wildman–Crippen LogP) is 5.66. The Morgan fingerprint density at radius 2 is 1.69 bits per heavy atom. The number of amides is 1. The van der Waals surface area contributed by atoms with E-state index in [0.29, 0.717) is 16.8 Å². The van der Waals surface area contributed by atoms with Crippen LogP contribution in [0.1, 0.15) is 51.3 Å². The van der Waals surface area contributed by atoms with Crippen LogP contribution in [0.4, 0.5) is 13.2 Å². The molecule has 0 saturated heterocycles. The van der Waals surface area contributed by atoms with Crippen molar-refractivity contribution in [2.75, 3.05) is 6.26 Å². The van der Waals surface area contributed by atoms with Crippen molar-refractivity contribution < 1.29 is 26.4 Å². The molecule has 7 nitrogen and oxygen atoms in total. The summed E-state index contributed by atoms with van der Waals surface area (Å²) in [6.07, 6.45) is -2.19. The number of nitrogens with one attached hydrogen (secondary N) is 1. The van der Waals surface area contributed by atoms with Crippen molar-refractivity contribution in [2.24, 2.45) is 0 Å². The number of nitrogens with zero attached hydrogens (tertiary/aromatic N) is 2. The minimum atomic E-state index is -4.64. The monoisotopic (exact) mass is 593 g/mol. The van der Waals surface area contributed by atoms with Gasteiger partial charge in [-0.3, -0.25) is 9.59 Å². The molecule has 1 aromatic heterocycles. The van der Waals surface area contributed by atoms with E-state index in [2.05, 4.69) is 5.32 Å². The number of aromatic nitrogens is 1. The normalized spacial score (nSPS) is 12.4. The van der Waals surface area contributed by atoms with Gasteiger partial charge in [0, 0.05) is 30.3 Å². The molecule has 0 aliphatic heterocycles. The van der Waals surface area contributed by atoms with Crippen molar-refractivity contribution >= 4 is 15.7 Å². The fourth-order valence-corrected chi connectivity index (χ4v) is 5.24. The van der Waals surface area contributed by atoms with Gasteiger partial charge in [0.1, 0.15) is 5.56 Å². The highest BCUT2D eigenvalue weighted by atomic mass is 32.2.